The molecule has 2 rings (SSSR count). The second-order valence-corrected chi connectivity index (χ2v) is 5.42. The van der Waals surface area contributed by atoms with Crippen LogP contribution in [0.2, 0.25) is 5.02 Å². The minimum atomic E-state index is -0.269. The number of anilines is 1. The molecule has 0 aliphatic carbocycles. The molecule has 5 nitrogen and oxygen atoms in total. The molecule has 0 bridgehead atoms. The molecule has 0 saturated carbocycles. The fraction of sp³-hybridized carbons (Fsp3) is 0.211. The van der Waals surface area contributed by atoms with Crippen molar-refractivity contribution in [2.75, 3.05) is 26.1 Å². The van der Waals surface area contributed by atoms with Crippen LogP contribution < -0.4 is 19.5 Å². The molecule has 0 spiro atoms. The molecule has 0 aromatic heterocycles. The van der Waals surface area contributed by atoms with Crippen molar-refractivity contribution >= 4 is 29.3 Å². The number of halogens is 1. The molecule has 0 radical (unpaired) electrons. The number of carbonyl (C=O) groups is 1. The monoisotopic (exact) mass is 361 g/mol. The van der Waals surface area contributed by atoms with E-state index in [0.29, 0.717) is 34.6 Å². The Balaban J connectivity index is 2.06. The van der Waals surface area contributed by atoms with Gasteiger partial charge in [0, 0.05) is 11.8 Å². The maximum Gasteiger partial charge on any atom is 0.248 e. The molecular formula is C19H20ClNO4. The van der Waals surface area contributed by atoms with Crippen molar-refractivity contribution in [2.24, 2.45) is 0 Å². The maximum atomic E-state index is 12.0. The van der Waals surface area contributed by atoms with Gasteiger partial charge in [-0.2, -0.15) is 0 Å². The lowest BCUT2D eigenvalue weighted by atomic mass is 10.2. The van der Waals surface area contributed by atoms with Crippen LogP contribution in [0, 0.1) is 0 Å². The Labute approximate surface area is 152 Å². The van der Waals surface area contributed by atoms with Crippen molar-refractivity contribution in [1.82, 2.24) is 0 Å². The van der Waals surface area contributed by atoms with E-state index < -0.39 is 0 Å². The molecule has 25 heavy (non-hydrogen) atoms. The summed E-state index contributed by atoms with van der Waals surface area (Å²) < 4.78 is 15.8. The molecular weight excluding hydrogens is 342 g/mol. The minimum absolute atomic E-state index is 0.269. The Hall–Kier alpha value is -2.66. The van der Waals surface area contributed by atoms with Gasteiger partial charge in [0.15, 0.2) is 11.5 Å². The Morgan fingerprint density at radius 3 is 2.44 bits per heavy atom. The standard InChI is InChI=1S/C19H20ClNO4/c1-4-25-17-8-5-13(11-18(17)24-3)6-10-19(22)21-14-7-9-16(23-2)15(20)12-14/h5-12H,4H2,1-3H3,(H,21,22)/b10-6+. The molecule has 2 aromatic carbocycles. The number of ether oxygens (including phenoxy) is 3. The predicted molar refractivity (Wildman–Crippen MR) is 99.8 cm³/mol. The van der Waals surface area contributed by atoms with Crippen LogP contribution in [0.4, 0.5) is 5.69 Å². The van der Waals surface area contributed by atoms with E-state index in [1.807, 2.05) is 19.1 Å². The Bertz CT molecular complexity index is 774. The summed E-state index contributed by atoms with van der Waals surface area (Å²) in [5.41, 5.74) is 1.41. The van der Waals surface area contributed by atoms with E-state index in [9.17, 15) is 4.79 Å². The zero-order valence-electron chi connectivity index (χ0n) is 14.3. The number of hydrogen-bond acceptors (Lipinski definition) is 4. The van der Waals surface area contributed by atoms with Crippen LogP contribution in [0.25, 0.3) is 6.08 Å². The molecule has 0 fully saturated rings. The van der Waals surface area contributed by atoms with Crippen LogP contribution in [0.1, 0.15) is 12.5 Å². The lowest BCUT2D eigenvalue weighted by Crippen LogP contribution is -2.07. The fourth-order valence-electron chi connectivity index (χ4n) is 2.16. The van der Waals surface area contributed by atoms with E-state index in [1.54, 1.807) is 37.5 Å². The van der Waals surface area contributed by atoms with E-state index in [-0.39, 0.29) is 5.91 Å². The highest BCUT2D eigenvalue weighted by Gasteiger charge is 2.05. The summed E-state index contributed by atoms with van der Waals surface area (Å²) >= 11 is 6.04. The van der Waals surface area contributed by atoms with Gasteiger partial charge in [0.1, 0.15) is 5.75 Å². The Morgan fingerprint density at radius 2 is 1.80 bits per heavy atom. The van der Waals surface area contributed by atoms with Crippen molar-refractivity contribution in [3.8, 4) is 17.2 Å². The van der Waals surface area contributed by atoms with Crippen LogP contribution in [0.5, 0.6) is 17.2 Å². The zero-order chi connectivity index (χ0) is 18.2. The van der Waals surface area contributed by atoms with Gasteiger partial charge in [0.05, 0.1) is 25.8 Å². The number of benzene rings is 2. The van der Waals surface area contributed by atoms with Gasteiger partial charge in [0.2, 0.25) is 5.91 Å². The normalized spacial score (nSPS) is 10.6. The van der Waals surface area contributed by atoms with Crippen molar-refractivity contribution in [3.63, 3.8) is 0 Å². The van der Waals surface area contributed by atoms with Gasteiger partial charge in [-0.05, 0) is 48.9 Å². The van der Waals surface area contributed by atoms with E-state index in [1.165, 1.54) is 13.2 Å². The van der Waals surface area contributed by atoms with Gasteiger partial charge in [-0.3, -0.25) is 4.79 Å². The largest absolute Gasteiger partial charge is 0.495 e. The number of nitrogens with one attached hydrogen (secondary N) is 1. The molecule has 2 aromatic rings. The summed E-state index contributed by atoms with van der Waals surface area (Å²) in [7, 11) is 3.11. The highest BCUT2D eigenvalue weighted by molar-refractivity contribution is 6.32. The van der Waals surface area contributed by atoms with Crippen molar-refractivity contribution in [1.29, 1.82) is 0 Å². The van der Waals surface area contributed by atoms with Gasteiger partial charge >= 0.3 is 0 Å². The van der Waals surface area contributed by atoms with Crippen molar-refractivity contribution in [3.05, 3.63) is 53.1 Å². The second kappa shape index (κ2) is 8.99. The van der Waals surface area contributed by atoms with Crippen LogP contribution in [0.3, 0.4) is 0 Å². The van der Waals surface area contributed by atoms with Crippen LogP contribution >= 0.6 is 11.6 Å². The van der Waals surface area contributed by atoms with Crippen LogP contribution in [0.15, 0.2) is 42.5 Å². The lowest BCUT2D eigenvalue weighted by Gasteiger charge is -2.09. The first-order valence-corrected chi connectivity index (χ1v) is 8.08. The molecule has 0 saturated heterocycles. The first-order chi connectivity index (χ1) is 12.1. The third kappa shape index (κ3) is 5.16. The van der Waals surface area contributed by atoms with Crippen LogP contribution in [-0.2, 0) is 4.79 Å². The third-order valence-electron chi connectivity index (χ3n) is 3.33. The van der Waals surface area contributed by atoms with Crippen molar-refractivity contribution in [2.45, 2.75) is 6.92 Å². The third-order valence-corrected chi connectivity index (χ3v) is 3.63. The smallest absolute Gasteiger partial charge is 0.248 e. The molecule has 0 aliphatic heterocycles. The number of hydrogen-bond donors (Lipinski definition) is 1. The Kier molecular flexibility index (Phi) is 6.71. The SMILES string of the molecule is CCOc1ccc(/C=C/C(=O)Nc2ccc(OC)c(Cl)c2)cc1OC. The summed E-state index contributed by atoms with van der Waals surface area (Å²) in [6.07, 6.45) is 3.13. The average molecular weight is 362 g/mol. The summed E-state index contributed by atoms with van der Waals surface area (Å²) in [6, 6.07) is 10.5. The zero-order valence-corrected chi connectivity index (χ0v) is 15.1. The number of methoxy groups -OCH3 is 2. The molecule has 1 amide bonds. The minimum Gasteiger partial charge on any atom is -0.495 e. The molecule has 0 aliphatic rings. The van der Waals surface area contributed by atoms with E-state index >= 15 is 0 Å². The fourth-order valence-corrected chi connectivity index (χ4v) is 2.42. The topological polar surface area (TPSA) is 56.8 Å². The highest BCUT2D eigenvalue weighted by atomic mass is 35.5. The predicted octanol–water partition coefficient (Wildman–Crippen LogP) is 4.41. The summed E-state index contributed by atoms with van der Waals surface area (Å²) in [5.74, 6) is 1.57. The quantitative estimate of drug-likeness (QED) is 0.742. The van der Waals surface area contributed by atoms with Gasteiger partial charge in [0.25, 0.3) is 0 Å². The van der Waals surface area contributed by atoms with E-state index in [2.05, 4.69) is 5.32 Å². The lowest BCUT2D eigenvalue weighted by molar-refractivity contribution is -0.111. The molecule has 0 heterocycles. The Morgan fingerprint density at radius 1 is 1.08 bits per heavy atom. The molecule has 0 unspecified atom stereocenters. The number of rotatable bonds is 7. The summed E-state index contributed by atoms with van der Waals surface area (Å²) in [6.45, 7) is 2.46. The summed E-state index contributed by atoms with van der Waals surface area (Å²) in [4.78, 5) is 12.0. The first kappa shape index (κ1) is 18.7. The molecule has 1 N–H and O–H groups in total. The average Bonchev–Trinajstić information content (AvgIpc) is 2.61. The molecule has 6 heteroatoms. The molecule has 132 valence electrons. The molecule has 0 atom stereocenters. The van der Waals surface area contributed by atoms with E-state index in [0.717, 1.165) is 5.56 Å². The second-order valence-electron chi connectivity index (χ2n) is 5.02. The summed E-state index contributed by atoms with van der Waals surface area (Å²) in [5, 5.41) is 3.17. The number of carbonyl (C=O) groups excluding carboxylic acids is 1. The van der Waals surface area contributed by atoms with Crippen molar-refractivity contribution < 1.29 is 19.0 Å². The van der Waals surface area contributed by atoms with Gasteiger partial charge in [-0.25, -0.2) is 0 Å². The number of amides is 1. The first-order valence-electron chi connectivity index (χ1n) is 7.70. The van der Waals surface area contributed by atoms with Gasteiger partial charge in [-0.15, -0.1) is 0 Å². The highest BCUT2D eigenvalue weighted by Crippen LogP contribution is 2.29. The van der Waals surface area contributed by atoms with Gasteiger partial charge < -0.3 is 19.5 Å². The van der Waals surface area contributed by atoms with Crippen LogP contribution in [-0.4, -0.2) is 26.7 Å². The maximum absolute atomic E-state index is 12.0. The van der Waals surface area contributed by atoms with E-state index in [4.69, 9.17) is 25.8 Å². The van der Waals surface area contributed by atoms with Gasteiger partial charge in [-0.1, -0.05) is 17.7 Å².